The first-order chi connectivity index (χ1) is 9.35. The van der Waals surface area contributed by atoms with Crippen LogP contribution < -0.4 is 4.74 Å². The van der Waals surface area contributed by atoms with Gasteiger partial charge in [0.1, 0.15) is 21.4 Å². The number of rotatable bonds is 5. The summed E-state index contributed by atoms with van der Waals surface area (Å²) in [6.45, 7) is 1.85. The van der Waals surface area contributed by atoms with Crippen LogP contribution in [0.4, 0.5) is 0 Å². The zero-order valence-corrected chi connectivity index (χ0v) is 13.2. The Hall–Kier alpha value is -1.27. The van der Waals surface area contributed by atoms with Gasteiger partial charge in [-0.1, -0.05) is 0 Å². The summed E-state index contributed by atoms with van der Waals surface area (Å²) in [6.07, 6.45) is 1.23. The zero-order chi connectivity index (χ0) is 14.9. The molecule has 0 radical (unpaired) electrons. The van der Waals surface area contributed by atoms with Crippen molar-refractivity contribution in [3.8, 4) is 5.75 Å². The van der Waals surface area contributed by atoms with Crippen LogP contribution in [0.5, 0.6) is 5.75 Å². The molecule has 0 N–H and O–H groups in total. The molecule has 0 saturated carbocycles. The van der Waals surface area contributed by atoms with Gasteiger partial charge in [-0.3, -0.25) is 0 Å². The van der Waals surface area contributed by atoms with Crippen molar-refractivity contribution in [2.24, 2.45) is 0 Å². The largest absolute Gasteiger partial charge is 0.497 e. The van der Waals surface area contributed by atoms with Crippen molar-refractivity contribution in [3.63, 3.8) is 0 Å². The molecule has 0 spiro atoms. The third kappa shape index (κ3) is 3.07. The summed E-state index contributed by atoms with van der Waals surface area (Å²) >= 11 is 5.93. The van der Waals surface area contributed by atoms with Gasteiger partial charge in [0.05, 0.1) is 29.8 Å². The molecule has 1 aromatic carbocycles. The van der Waals surface area contributed by atoms with Crippen molar-refractivity contribution >= 4 is 32.5 Å². The third-order valence-electron chi connectivity index (χ3n) is 3.07. The average Bonchev–Trinajstić information content (AvgIpc) is 2.73. The van der Waals surface area contributed by atoms with Crippen LogP contribution in [0.1, 0.15) is 18.8 Å². The maximum Gasteiger partial charge on any atom is 0.149 e. The number of hydrogen-bond acceptors (Lipinski definition) is 4. The number of aromatic nitrogens is 2. The number of alkyl halides is 1. The van der Waals surface area contributed by atoms with Gasteiger partial charge in [0.25, 0.3) is 0 Å². The van der Waals surface area contributed by atoms with E-state index in [1.807, 2.05) is 29.7 Å². The molecule has 0 aliphatic carbocycles. The van der Waals surface area contributed by atoms with E-state index in [1.165, 1.54) is 6.26 Å². The molecule has 0 aliphatic rings. The first kappa shape index (κ1) is 15.1. The van der Waals surface area contributed by atoms with Gasteiger partial charge in [-0.05, 0) is 19.1 Å². The molecule has 1 atom stereocenters. The van der Waals surface area contributed by atoms with E-state index in [0.29, 0.717) is 11.6 Å². The molecule has 0 saturated heterocycles. The predicted octanol–water partition coefficient (Wildman–Crippen LogP) is 2.39. The number of hydrogen-bond donors (Lipinski definition) is 0. The first-order valence-electron chi connectivity index (χ1n) is 6.14. The molecule has 20 heavy (non-hydrogen) atoms. The van der Waals surface area contributed by atoms with E-state index in [9.17, 15) is 8.42 Å². The van der Waals surface area contributed by atoms with Crippen LogP contribution in [0.3, 0.4) is 0 Å². The monoisotopic (exact) mass is 316 g/mol. The Morgan fingerprint density at radius 3 is 2.70 bits per heavy atom. The van der Waals surface area contributed by atoms with E-state index in [-0.39, 0.29) is 17.7 Å². The predicted molar refractivity (Wildman–Crippen MR) is 80.3 cm³/mol. The summed E-state index contributed by atoms with van der Waals surface area (Å²) in [4.78, 5) is 4.45. The highest BCUT2D eigenvalue weighted by atomic mass is 35.5. The molecule has 1 unspecified atom stereocenters. The smallest absolute Gasteiger partial charge is 0.149 e. The second-order valence-electron chi connectivity index (χ2n) is 4.83. The van der Waals surface area contributed by atoms with Gasteiger partial charge >= 0.3 is 0 Å². The van der Waals surface area contributed by atoms with Gasteiger partial charge in [-0.15, -0.1) is 11.6 Å². The van der Waals surface area contributed by atoms with Gasteiger partial charge in [-0.25, -0.2) is 13.4 Å². The van der Waals surface area contributed by atoms with E-state index < -0.39 is 9.84 Å². The number of fused-ring (bicyclic) bond motifs is 1. The highest BCUT2D eigenvalue weighted by molar-refractivity contribution is 7.90. The number of benzene rings is 1. The van der Waals surface area contributed by atoms with Crippen LogP contribution in [-0.2, 0) is 15.7 Å². The van der Waals surface area contributed by atoms with Gasteiger partial charge < -0.3 is 9.30 Å². The summed E-state index contributed by atoms with van der Waals surface area (Å²) < 4.78 is 30.0. The minimum absolute atomic E-state index is 0.0500. The topological polar surface area (TPSA) is 61.2 Å². The number of ether oxygens (including phenoxy) is 1. The molecule has 7 heteroatoms. The minimum Gasteiger partial charge on any atom is -0.497 e. The van der Waals surface area contributed by atoms with E-state index >= 15 is 0 Å². The second-order valence-corrected chi connectivity index (χ2v) is 7.28. The van der Waals surface area contributed by atoms with Crippen LogP contribution in [0.15, 0.2) is 18.2 Å². The third-order valence-corrected chi connectivity index (χ3v) is 4.40. The lowest BCUT2D eigenvalue weighted by atomic mass is 10.2. The Labute approximate surface area is 123 Å². The van der Waals surface area contributed by atoms with Crippen molar-refractivity contribution in [2.45, 2.75) is 18.8 Å². The molecule has 0 amide bonds. The fourth-order valence-corrected chi connectivity index (χ4v) is 3.57. The normalized spacial score (nSPS) is 13.6. The van der Waals surface area contributed by atoms with Crippen molar-refractivity contribution in [1.29, 1.82) is 0 Å². The molecule has 110 valence electrons. The van der Waals surface area contributed by atoms with Crippen molar-refractivity contribution < 1.29 is 13.2 Å². The Balaban J connectivity index is 2.55. The zero-order valence-electron chi connectivity index (χ0n) is 11.6. The fraction of sp³-hybridized carbons (Fsp3) is 0.462. The summed E-state index contributed by atoms with van der Waals surface area (Å²) in [5, 5.41) is 0. The Kier molecular flexibility index (Phi) is 4.25. The van der Waals surface area contributed by atoms with Crippen LogP contribution in [0, 0.1) is 0 Å². The lowest BCUT2D eigenvalue weighted by Crippen LogP contribution is -2.18. The first-order valence-corrected chi connectivity index (χ1v) is 8.73. The highest BCUT2D eigenvalue weighted by Crippen LogP contribution is 2.26. The standard InChI is InChI=1S/C13H17ClN2O3S/c1-9(8-20(3,17)18)16-12-5-4-10(19-2)6-11(12)15-13(16)7-14/h4-6,9H,7-8H2,1-3H3. The highest BCUT2D eigenvalue weighted by Gasteiger charge is 2.19. The summed E-state index contributed by atoms with van der Waals surface area (Å²) in [7, 11) is -1.48. The Morgan fingerprint density at radius 1 is 1.45 bits per heavy atom. The number of halogens is 1. The van der Waals surface area contributed by atoms with Crippen molar-refractivity contribution in [1.82, 2.24) is 9.55 Å². The number of nitrogens with zero attached hydrogens (tertiary/aromatic N) is 2. The van der Waals surface area contributed by atoms with Crippen molar-refractivity contribution in [3.05, 3.63) is 24.0 Å². The fourth-order valence-electron chi connectivity index (χ4n) is 2.35. The molecular weight excluding hydrogens is 300 g/mol. The summed E-state index contributed by atoms with van der Waals surface area (Å²) in [6, 6.07) is 5.29. The number of sulfone groups is 1. The SMILES string of the molecule is COc1ccc2c(c1)nc(CCl)n2C(C)CS(C)(=O)=O. The van der Waals surface area contributed by atoms with E-state index in [4.69, 9.17) is 16.3 Å². The second kappa shape index (κ2) is 5.61. The van der Waals surface area contributed by atoms with E-state index in [2.05, 4.69) is 4.98 Å². The van der Waals surface area contributed by atoms with Gasteiger partial charge in [-0.2, -0.15) is 0 Å². The lowest BCUT2D eigenvalue weighted by Gasteiger charge is -2.16. The maximum atomic E-state index is 11.5. The number of methoxy groups -OCH3 is 1. The minimum atomic E-state index is -3.07. The average molecular weight is 317 g/mol. The van der Waals surface area contributed by atoms with Crippen LogP contribution in [0.25, 0.3) is 11.0 Å². The summed E-state index contributed by atoms with van der Waals surface area (Å²) in [5.41, 5.74) is 1.61. The van der Waals surface area contributed by atoms with Gasteiger partial charge in [0.2, 0.25) is 0 Å². The molecule has 0 bridgehead atoms. The molecule has 0 fully saturated rings. The van der Waals surface area contributed by atoms with E-state index in [0.717, 1.165) is 11.0 Å². The molecule has 0 aliphatic heterocycles. The summed E-state index contributed by atoms with van der Waals surface area (Å²) in [5.74, 6) is 1.64. The molecule has 1 aromatic heterocycles. The molecule has 2 rings (SSSR count). The molecular formula is C13H17ClN2O3S. The van der Waals surface area contributed by atoms with Gasteiger partial charge in [0.15, 0.2) is 0 Å². The maximum absolute atomic E-state index is 11.5. The molecule has 1 heterocycles. The Morgan fingerprint density at radius 2 is 2.15 bits per heavy atom. The molecule has 2 aromatic rings. The number of imidazole rings is 1. The quantitative estimate of drug-likeness (QED) is 0.795. The molecule has 5 nitrogen and oxygen atoms in total. The van der Waals surface area contributed by atoms with E-state index in [1.54, 1.807) is 7.11 Å². The Bertz CT molecular complexity index is 725. The lowest BCUT2D eigenvalue weighted by molar-refractivity contribution is 0.415. The van der Waals surface area contributed by atoms with Crippen LogP contribution in [-0.4, -0.2) is 37.1 Å². The van der Waals surface area contributed by atoms with Crippen LogP contribution in [0.2, 0.25) is 0 Å². The van der Waals surface area contributed by atoms with Crippen molar-refractivity contribution in [2.75, 3.05) is 19.1 Å². The van der Waals surface area contributed by atoms with Crippen LogP contribution >= 0.6 is 11.6 Å². The van der Waals surface area contributed by atoms with Gasteiger partial charge in [0, 0.05) is 18.4 Å².